The van der Waals surface area contributed by atoms with Gasteiger partial charge in [-0.05, 0) is 36.4 Å². The van der Waals surface area contributed by atoms with Gasteiger partial charge in [-0.3, -0.25) is 14.5 Å². The molecule has 2 amide bonds. The van der Waals surface area contributed by atoms with Gasteiger partial charge in [0, 0.05) is 12.2 Å². The number of carboxylic acid groups (broad SMARTS) is 1. The zero-order valence-electron chi connectivity index (χ0n) is 11.5. The average molecular weight is 308 g/mol. The second-order valence-corrected chi connectivity index (χ2v) is 5.69. The van der Waals surface area contributed by atoms with E-state index in [4.69, 9.17) is 5.11 Å². The highest BCUT2D eigenvalue weighted by Crippen LogP contribution is 2.28. The van der Waals surface area contributed by atoms with Gasteiger partial charge in [0.05, 0.1) is 5.56 Å². The molecule has 0 spiro atoms. The molecule has 1 aliphatic heterocycles. The number of hydrogen-bond donors (Lipinski definition) is 2. The number of rotatable bonds is 6. The van der Waals surface area contributed by atoms with Crippen LogP contribution >= 0.6 is 11.8 Å². The zero-order valence-corrected chi connectivity index (χ0v) is 12.4. The van der Waals surface area contributed by atoms with E-state index in [1.54, 1.807) is 12.1 Å². The van der Waals surface area contributed by atoms with Crippen LogP contribution in [0.1, 0.15) is 30.1 Å². The molecular weight excluding hydrogens is 292 g/mol. The van der Waals surface area contributed by atoms with Crippen molar-refractivity contribution in [3.8, 4) is 0 Å². The van der Waals surface area contributed by atoms with Crippen LogP contribution in [0.25, 0.3) is 0 Å². The fourth-order valence-corrected chi connectivity index (χ4v) is 2.88. The Bertz CT molecular complexity index is 576. The van der Waals surface area contributed by atoms with E-state index < -0.39 is 11.3 Å². The van der Waals surface area contributed by atoms with Crippen molar-refractivity contribution in [1.82, 2.24) is 4.90 Å². The highest BCUT2D eigenvalue weighted by atomic mass is 32.2. The minimum atomic E-state index is -1.04. The maximum Gasteiger partial charge on any atom is 0.335 e. The number of carbonyl (C=O) groups is 3. The van der Waals surface area contributed by atoms with Crippen LogP contribution in [0, 0.1) is 0 Å². The fourth-order valence-electron chi connectivity index (χ4n) is 1.95. The third-order valence-corrected chi connectivity index (χ3v) is 4.05. The van der Waals surface area contributed by atoms with Crippen molar-refractivity contribution >= 4 is 34.6 Å². The molecule has 7 heteroatoms. The molecule has 0 aliphatic carbocycles. The van der Waals surface area contributed by atoms with Gasteiger partial charge >= 0.3 is 5.97 Å². The second kappa shape index (κ2) is 6.62. The van der Waals surface area contributed by atoms with E-state index >= 15 is 0 Å². The number of carboxylic acids is 1. The lowest BCUT2D eigenvalue weighted by atomic mass is 10.2. The maximum absolute atomic E-state index is 12.2. The van der Waals surface area contributed by atoms with Gasteiger partial charge in [0.1, 0.15) is 0 Å². The fraction of sp³-hybridized carbons (Fsp3) is 0.357. The number of benzene rings is 1. The second-order valence-electron chi connectivity index (χ2n) is 4.64. The maximum atomic E-state index is 12.2. The lowest BCUT2D eigenvalue weighted by molar-refractivity contribution is -0.126. The van der Waals surface area contributed by atoms with E-state index in [9.17, 15) is 14.4 Å². The van der Waals surface area contributed by atoms with Crippen molar-refractivity contribution in [2.24, 2.45) is 0 Å². The van der Waals surface area contributed by atoms with Crippen LogP contribution in [0.4, 0.5) is 10.5 Å². The third-order valence-electron chi connectivity index (χ3n) is 3.07. The van der Waals surface area contributed by atoms with Crippen molar-refractivity contribution in [1.29, 1.82) is 0 Å². The minimum Gasteiger partial charge on any atom is -0.478 e. The van der Waals surface area contributed by atoms with Crippen LogP contribution in [-0.4, -0.2) is 39.0 Å². The minimum absolute atomic E-state index is 0.129. The molecule has 0 unspecified atom stereocenters. The summed E-state index contributed by atoms with van der Waals surface area (Å²) in [5.41, 5.74) is 0.635. The highest BCUT2D eigenvalue weighted by Gasteiger charge is 2.39. The number of thioether (sulfide) groups is 1. The van der Waals surface area contributed by atoms with Gasteiger partial charge in [-0.25, -0.2) is 4.79 Å². The van der Waals surface area contributed by atoms with Crippen molar-refractivity contribution < 1.29 is 19.5 Å². The predicted octanol–water partition coefficient (Wildman–Crippen LogP) is 2.62. The Balaban J connectivity index is 2.07. The van der Waals surface area contributed by atoms with Gasteiger partial charge in [-0.15, -0.1) is 0 Å². The van der Waals surface area contributed by atoms with Crippen molar-refractivity contribution in [2.45, 2.75) is 25.1 Å². The Kier molecular flexibility index (Phi) is 4.85. The summed E-state index contributed by atoms with van der Waals surface area (Å²) in [5, 5.41) is 10.9. The molecule has 112 valence electrons. The number of amides is 2. The molecule has 1 aliphatic rings. The van der Waals surface area contributed by atoms with Crippen molar-refractivity contribution in [2.75, 3.05) is 11.9 Å². The molecule has 0 bridgehead atoms. The van der Waals surface area contributed by atoms with Crippen LogP contribution in [0.15, 0.2) is 24.3 Å². The molecule has 1 aromatic rings. The van der Waals surface area contributed by atoms with E-state index in [0.29, 0.717) is 12.2 Å². The van der Waals surface area contributed by atoms with E-state index in [0.717, 1.165) is 24.6 Å². The Morgan fingerprint density at radius 3 is 2.86 bits per heavy atom. The number of nitrogens with one attached hydrogen (secondary N) is 1. The highest BCUT2D eigenvalue weighted by molar-refractivity contribution is 8.15. The number of hydrogen-bond acceptors (Lipinski definition) is 5. The lowest BCUT2D eigenvalue weighted by Gasteiger charge is -2.14. The number of anilines is 1. The molecule has 0 saturated carbocycles. The molecule has 1 aromatic carbocycles. The van der Waals surface area contributed by atoms with Gasteiger partial charge in [0.25, 0.3) is 11.1 Å². The molecule has 1 atom stereocenters. The molecule has 0 radical (unpaired) electrons. The Morgan fingerprint density at radius 1 is 1.43 bits per heavy atom. The molecule has 1 heterocycles. The van der Waals surface area contributed by atoms with Crippen LogP contribution in [0.5, 0.6) is 0 Å². The topological polar surface area (TPSA) is 86.7 Å². The van der Waals surface area contributed by atoms with Crippen LogP contribution in [0.2, 0.25) is 0 Å². The monoisotopic (exact) mass is 308 g/mol. The number of aromatic carboxylic acids is 1. The summed E-state index contributed by atoms with van der Waals surface area (Å²) in [7, 11) is 0. The SMILES string of the molecule is CCCCN1C(=O)S[C@H](Nc2cccc(C(=O)O)c2)C1=O. The molecule has 2 N–H and O–H groups in total. The van der Waals surface area contributed by atoms with E-state index in [1.165, 1.54) is 17.0 Å². The lowest BCUT2D eigenvalue weighted by Crippen LogP contribution is -2.35. The Labute approximate surface area is 126 Å². The summed E-state index contributed by atoms with van der Waals surface area (Å²) in [6.07, 6.45) is 1.68. The average Bonchev–Trinajstić information content (AvgIpc) is 2.72. The summed E-state index contributed by atoms with van der Waals surface area (Å²) < 4.78 is 0. The summed E-state index contributed by atoms with van der Waals surface area (Å²) in [6.45, 7) is 2.42. The number of imide groups is 1. The molecule has 6 nitrogen and oxygen atoms in total. The summed E-state index contributed by atoms with van der Waals surface area (Å²) >= 11 is 0.920. The first-order chi connectivity index (χ1) is 10.0. The van der Waals surface area contributed by atoms with Crippen molar-refractivity contribution in [3.63, 3.8) is 0 Å². The zero-order chi connectivity index (χ0) is 15.4. The van der Waals surface area contributed by atoms with Crippen molar-refractivity contribution in [3.05, 3.63) is 29.8 Å². The largest absolute Gasteiger partial charge is 0.478 e. The first kappa shape index (κ1) is 15.4. The van der Waals surface area contributed by atoms with E-state index in [2.05, 4.69) is 5.32 Å². The van der Waals surface area contributed by atoms with Gasteiger partial charge in [-0.1, -0.05) is 19.4 Å². The van der Waals surface area contributed by atoms with Gasteiger partial charge in [0.15, 0.2) is 5.37 Å². The Hall–Kier alpha value is -2.02. The van der Waals surface area contributed by atoms with Gasteiger partial charge in [0.2, 0.25) is 0 Å². The Morgan fingerprint density at radius 2 is 2.19 bits per heavy atom. The standard InChI is InChI=1S/C14H16N2O4S/c1-2-3-7-16-12(17)11(21-14(16)20)15-10-6-4-5-9(8-10)13(18)19/h4-6,8,11,15H,2-3,7H2,1H3,(H,18,19)/t11-/m0/s1. The molecule has 0 aromatic heterocycles. The van der Waals surface area contributed by atoms with Crippen LogP contribution in [0.3, 0.4) is 0 Å². The molecular formula is C14H16N2O4S. The normalized spacial score (nSPS) is 18.1. The number of carbonyl (C=O) groups excluding carboxylic acids is 2. The third kappa shape index (κ3) is 3.55. The summed E-state index contributed by atoms with van der Waals surface area (Å²) in [5.74, 6) is -1.32. The molecule has 1 fully saturated rings. The quantitative estimate of drug-likeness (QED) is 0.840. The molecule has 21 heavy (non-hydrogen) atoms. The first-order valence-electron chi connectivity index (χ1n) is 6.65. The predicted molar refractivity (Wildman–Crippen MR) is 80.4 cm³/mol. The summed E-state index contributed by atoms with van der Waals surface area (Å²) in [4.78, 5) is 36.1. The summed E-state index contributed by atoms with van der Waals surface area (Å²) in [6, 6.07) is 6.16. The number of nitrogens with zero attached hydrogens (tertiary/aromatic N) is 1. The smallest absolute Gasteiger partial charge is 0.335 e. The van der Waals surface area contributed by atoms with E-state index in [-0.39, 0.29) is 16.7 Å². The van der Waals surface area contributed by atoms with Crippen LogP contribution < -0.4 is 5.32 Å². The van der Waals surface area contributed by atoms with Crippen LogP contribution in [-0.2, 0) is 4.79 Å². The number of unbranched alkanes of at least 4 members (excludes halogenated alkanes) is 1. The van der Waals surface area contributed by atoms with E-state index in [1.807, 2.05) is 6.92 Å². The molecule has 1 saturated heterocycles. The van der Waals surface area contributed by atoms with Gasteiger partial charge in [-0.2, -0.15) is 0 Å². The first-order valence-corrected chi connectivity index (χ1v) is 7.52. The van der Waals surface area contributed by atoms with Gasteiger partial charge < -0.3 is 10.4 Å². The molecule has 2 rings (SSSR count).